The predicted molar refractivity (Wildman–Crippen MR) is 38.9 cm³/mol. The third-order valence-corrected chi connectivity index (χ3v) is 1.02. The average Bonchev–Trinajstić information content (AvgIpc) is 2.01. The number of aliphatic hydroxyl groups is 2. The highest BCUT2D eigenvalue weighted by Gasteiger charge is 2.09. The summed E-state index contributed by atoms with van der Waals surface area (Å²) >= 11 is 0. The summed E-state index contributed by atoms with van der Waals surface area (Å²) in [6.45, 7) is 2.61. The number of esters is 1. The molecular formula is C7H12O4. The molecule has 0 aromatic carbocycles. The van der Waals surface area contributed by atoms with E-state index in [1.807, 2.05) is 0 Å². The Bertz CT molecular complexity index is 128. The van der Waals surface area contributed by atoms with E-state index in [1.165, 1.54) is 6.08 Å². The lowest BCUT2D eigenvalue weighted by Crippen LogP contribution is -2.25. The van der Waals surface area contributed by atoms with E-state index in [2.05, 4.69) is 11.3 Å². The molecule has 0 rings (SSSR count). The van der Waals surface area contributed by atoms with Gasteiger partial charge in [0, 0.05) is 0 Å². The number of hydrogen-bond donors (Lipinski definition) is 2. The maximum Gasteiger partial charge on any atom is 0.310 e. The quantitative estimate of drug-likeness (QED) is 0.418. The van der Waals surface area contributed by atoms with Gasteiger partial charge in [-0.2, -0.15) is 0 Å². The van der Waals surface area contributed by atoms with Gasteiger partial charge in [-0.05, 0) is 0 Å². The van der Waals surface area contributed by atoms with Crippen LogP contribution in [-0.2, 0) is 9.53 Å². The molecule has 64 valence electrons. The van der Waals surface area contributed by atoms with Crippen LogP contribution in [0.1, 0.15) is 6.42 Å². The smallest absolute Gasteiger partial charge is 0.310 e. The fraction of sp³-hybridized carbons (Fsp3) is 0.571. The lowest BCUT2D eigenvalue weighted by Gasteiger charge is -2.10. The maximum absolute atomic E-state index is 10.7. The Morgan fingerprint density at radius 2 is 2.09 bits per heavy atom. The lowest BCUT2D eigenvalue weighted by molar-refractivity contribution is -0.152. The molecule has 0 heterocycles. The summed E-state index contributed by atoms with van der Waals surface area (Å²) in [4.78, 5) is 10.7. The average molecular weight is 160 g/mol. The van der Waals surface area contributed by atoms with E-state index in [4.69, 9.17) is 10.2 Å². The largest absolute Gasteiger partial charge is 0.457 e. The van der Waals surface area contributed by atoms with Crippen LogP contribution < -0.4 is 0 Å². The lowest BCUT2D eigenvalue weighted by atomic mass is 10.4. The molecule has 0 aliphatic heterocycles. The van der Waals surface area contributed by atoms with Crippen molar-refractivity contribution in [3.8, 4) is 0 Å². The van der Waals surface area contributed by atoms with Gasteiger partial charge in [0.15, 0.2) is 0 Å². The zero-order valence-electron chi connectivity index (χ0n) is 6.19. The van der Waals surface area contributed by atoms with Crippen LogP contribution in [0.25, 0.3) is 0 Å². The van der Waals surface area contributed by atoms with Crippen molar-refractivity contribution < 1.29 is 19.7 Å². The predicted octanol–water partition coefficient (Wildman–Crippen LogP) is -0.541. The Labute approximate surface area is 65.1 Å². The van der Waals surface area contributed by atoms with Crippen LogP contribution in [0.2, 0.25) is 0 Å². The van der Waals surface area contributed by atoms with Crippen LogP contribution >= 0.6 is 0 Å². The van der Waals surface area contributed by atoms with Crippen LogP contribution in [0, 0.1) is 0 Å². The third kappa shape index (κ3) is 4.52. The van der Waals surface area contributed by atoms with Gasteiger partial charge in [-0.15, -0.1) is 6.58 Å². The Balaban J connectivity index is 3.62. The first-order valence-electron chi connectivity index (χ1n) is 3.26. The van der Waals surface area contributed by atoms with Gasteiger partial charge in [-0.25, -0.2) is 0 Å². The highest BCUT2D eigenvalue weighted by atomic mass is 16.6. The second-order valence-electron chi connectivity index (χ2n) is 1.97. The molecule has 0 atom stereocenters. The van der Waals surface area contributed by atoms with Crippen molar-refractivity contribution in [1.29, 1.82) is 0 Å². The molecule has 0 amide bonds. The van der Waals surface area contributed by atoms with Gasteiger partial charge < -0.3 is 14.9 Å². The molecule has 0 aromatic rings. The molecule has 2 N–H and O–H groups in total. The molecule has 0 spiro atoms. The topological polar surface area (TPSA) is 66.8 Å². The summed E-state index contributed by atoms with van der Waals surface area (Å²) in [5.41, 5.74) is 0. The molecule has 0 saturated heterocycles. The van der Waals surface area contributed by atoms with Gasteiger partial charge >= 0.3 is 5.97 Å². The number of rotatable bonds is 5. The first-order chi connectivity index (χ1) is 5.24. The van der Waals surface area contributed by atoms with Gasteiger partial charge in [-0.1, -0.05) is 6.08 Å². The zero-order chi connectivity index (χ0) is 8.69. The van der Waals surface area contributed by atoms with Crippen molar-refractivity contribution in [1.82, 2.24) is 0 Å². The minimum atomic E-state index is -0.803. The molecule has 0 bridgehead atoms. The van der Waals surface area contributed by atoms with Crippen LogP contribution in [0.4, 0.5) is 0 Å². The molecular weight excluding hydrogens is 148 g/mol. The first-order valence-corrected chi connectivity index (χ1v) is 3.26. The molecule has 0 saturated carbocycles. The number of hydrogen-bond acceptors (Lipinski definition) is 4. The van der Waals surface area contributed by atoms with Gasteiger partial charge in [0.05, 0.1) is 19.6 Å². The van der Waals surface area contributed by atoms with Crippen LogP contribution in [0.15, 0.2) is 12.7 Å². The van der Waals surface area contributed by atoms with Gasteiger partial charge in [0.1, 0.15) is 6.10 Å². The number of ether oxygens (including phenoxy) is 1. The summed E-state index contributed by atoms with van der Waals surface area (Å²) < 4.78 is 4.58. The van der Waals surface area contributed by atoms with Crippen molar-refractivity contribution in [2.24, 2.45) is 0 Å². The van der Waals surface area contributed by atoms with Crippen molar-refractivity contribution in [3.05, 3.63) is 12.7 Å². The molecule has 0 fully saturated rings. The standard InChI is InChI=1S/C7H12O4/c1-2-3-7(10)11-6(4-8)5-9/h2,6,8-9H,1,3-5H2. The molecule has 4 nitrogen and oxygen atoms in total. The van der Waals surface area contributed by atoms with Crippen molar-refractivity contribution >= 4 is 5.97 Å². The highest BCUT2D eigenvalue weighted by molar-refractivity contribution is 5.71. The van der Waals surface area contributed by atoms with Gasteiger partial charge in [-0.3, -0.25) is 4.79 Å². The Morgan fingerprint density at radius 1 is 1.55 bits per heavy atom. The summed E-state index contributed by atoms with van der Waals surface area (Å²) in [6.07, 6.45) is 0.687. The minimum Gasteiger partial charge on any atom is -0.457 e. The Kier molecular flexibility index (Phi) is 5.42. The van der Waals surface area contributed by atoms with E-state index in [9.17, 15) is 4.79 Å². The fourth-order valence-electron chi connectivity index (χ4n) is 0.484. The SMILES string of the molecule is C=CCC(=O)OC(CO)CO. The maximum atomic E-state index is 10.7. The molecule has 0 aliphatic carbocycles. The Hall–Kier alpha value is -0.870. The fourth-order valence-corrected chi connectivity index (χ4v) is 0.484. The van der Waals surface area contributed by atoms with Crippen molar-refractivity contribution in [3.63, 3.8) is 0 Å². The molecule has 11 heavy (non-hydrogen) atoms. The third-order valence-electron chi connectivity index (χ3n) is 1.02. The second-order valence-corrected chi connectivity index (χ2v) is 1.97. The second kappa shape index (κ2) is 5.88. The van der Waals surface area contributed by atoms with E-state index >= 15 is 0 Å². The van der Waals surface area contributed by atoms with Crippen LogP contribution in [0.3, 0.4) is 0 Å². The molecule has 0 aromatic heterocycles. The van der Waals surface area contributed by atoms with E-state index in [0.29, 0.717) is 0 Å². The summed E-state index contributed by atoms with van der Waals surface area (Å²) in [6, 6.07) is 0. The van der Waals surface area contributed by atoms with E-state index in [1.54, 1.807) is 0 Å². The minimum absolute atomic E-state index is 0.0938. The normalized spacial score (nSPS) is 9.73. The number of aliphatic hydroxyl groups excluding tert-OH is 2. The van der Waals surface area contributed by atoms with Gasteiger partial charge in [0.2, 0.25) is 0 Å². The number of carbonyl (C=O) groups is 1. The molecule has 4 heteroatoms. The summed E-state index contributed by atoms with van der Waals surface area (Å²) in [5, 5.41) is 17.0. The van der Waals surface area contributed by atoms with Crippen molar-refractivity contribution in [2.75, 3.05) is 13.2 Å². The summed E-state index contributed by atoms with van der Waals surface area (Å²) in [5.74, 6) is -0.492. The van der Waals surface area contributed by atoms with E-state index in [-0.39, 0.29) is 19.6 Å². The first kappa shape index (κ1) is 10.1. The van der Waals surface area contributed by atoms with Gasteiger partial charge in [0.25, 0.3) is 0 Å². The number of carbonyl (C=O) groups excluding carboxylic acids is 1. The van der Waals surface area contributed by atoms with Crippen LogP contribution in [0.5, 0.6) is 0 Å². The van der Waals surface area contributed by atoms with E-state index in [0.717, 1.165) is 0 Å². The highest BCUT2D eigenvalue weighted by Crippen LogP contribution is 1.93. The zero-order valence-corrected chi connectivity index (χ0v) is 6.19. The molecule has 0 unspecified atom stereocenters. The Morgan fingerprint density at radius 3 is 2.45 bits per heavy atom. The van der Waals surface area contributed by atoms with E-state index < -0.39 is 12.1 Å². The summed E-state index contributed by atoms with van der Waals surface area (Å²) in [7, 11) is 0. The van der Waals surface area contributed by atoms with Crippen LogP contribution in [-0.4, -0.2) is 35.5 Å². The molecule has 0 radical (unpaired) electrons. The van der Waals surface area contributed by atoms with Crippen molar-refractivity contribution in [2.45, 2.75) is 12.5 Å². The monoisotopic (exact) mass is 160 g/mol. The molecule has 0 aliphatic rings.